The van der Waals surface area contributed by atoms with Crippen LogP contribution in [-0.4, -0.2) is 4.98 Å². The predicted molar refractivity (Wildman–Crippen MR) is 78.6 cm³/mol. The molecule has 0 aliphatic carbocycles. The molecule has 0 radical (unpaired) electrons. The Kier molecular flexibility index (Phi) is 4.75. The first-order chi connectivity index (χ1) is 8.66. The van der Waals surface area contributed by atoms with Crippen molar-refractivity contribution in [2.45, 2.75) is 19.5 Å². The van der Waals surface area contributed by atoms with Crippen molar-refractivity contribution in [1.29, 1.82) is 0 Å². The summed E-state index contributed by atoms with van der Waals surface area (Å²) in [6.07, 6.45) is 3.64. The molecular formula is C14H14BrClN2. The summed E-state index contributed by atoms with van der Waals surface area (Å²) in [5.74, 6) is 0. The van der Waals surface area contributed by atoms with Gasteiger partial charge in [-0.05, 0) is 36.2 Å². The molecule has 1 unspecified atom stereocenters. The third kappa shape index (κ3) is 3.55. The summed E-state index contributed by atoms with van der Waals surface area (Å²) < 4.78 is 0.996. The third-order valence-corrected chi connectivity index (χ3v) is 3.58. The molecule has 0 aliphatic heterocycles. The summed E-state index contributed by atoms with van der Waals surface area (Å²) in [6, 6.07) is 10.1. The van der Waals surface area contributed by atoms with Gasteiger partial charge in [0.05, 0.1) is 0 Å². The second-order valence-corrected chi connectivity index (χ2v) is 5.45. The van der Waals surface area contributed by atoms with Crippen molar-refractivity contribution in [3.05, 3.63) is 63.3 Å². The van der Waals surface area contributed by atoms with E-state index in [9.17, 15) is 0 Å². The Morgan fingerprint density at radius 3 is 2.89 bits per heavy atom. The molecule has 0 aliphatic rings. The number of rotatable bonds is 4. The van der Waals surface area contributed by atoms with Crippen LogP contribution < -0.4 is 5.32 Å². The zero-order valence-corrected chi connectivity index (χ0v) is 12.4. The standard InChI is InChI=1S/C14H14BrClN2/c1-10(13-5-4-12(15)7-14(13)16)18-9-11-3-2-6-17-8-11/h2-8,10,18H,9H2,1H3. The van der Waals surface area contributed by atoms with Crippen molar-refractivity contribution in [2.24, 2.45) is 0 Å². The summed E-state index contributed by atoms with van der Waals surface area (Å²) >= 11 is 9.63. The van der Waals surface area contributed by atoms with Gasteiger partial charge in [0.25, 0.3) is 0 Å². The van der Waals surface area contributed by atoms with E-state index in [0.29, 0.717) is 0 Å². The van der Waals surface area contributed by atoms with E-state index in [-0.39, 0.29) is 6.04 Å². The van der Waals surface area contributed by atoms with Crippen molar-refractivity contribution in [1.82, 2.24) is 10.3 Å². The van der Waals surface area contributed by atoms with Crippen LogP contribution in [0.25, 0.3) is 0 Å². The van der Waals surface area contributed by atoms with Crippen LogP contribution in [0.1, 0.15) is 24.1 Å². The Hall–Kier alpha value is -0.900. The Bertz CT molecular complexity index is 516. The fraction of sp³-hybridized carbons (Fsp3) is 0.214. The molecule has 2 rings (SSSR count). The van der Waals surface area contributed by atoms with Gasteiger partial charge in [0, 0.05) is 34.5 Å². The number of hydrogen-bond acceptors (Lipinski definition) is 2. The molecule has 0 fully saturated rings. The first-order valence-electron chi connectivity index (χ1n) is 5.74. The van der Waals surface area contributed by atoms with Gasteiger partial charge in [-0.2, -0.15) is 0 Å². The fourth-order valence-electron chi connectivity index (χ4n) is 1.74. The van der Waals surface area contributed by atoms with Crippen LogP contribution >= 0.6 is 27.5 Å². The lowest BCUT2D eigenvalue weighted by molar-refractivity contribution is 0.574. The Balaban J connectivity index is 2.01. The molecule has 18 heavy (non-hydrogen) atoms. The molecule has 0 saturated heterocycles. The predicted octanol–water partition coefficient (Wildman–Crippen LogP) is 4.35. The van der Waals surface area contributed by atoms with Crippen LogP contribution in [0.4, 0.5) is 0 Å². The zero-order chi connectivity index (χ0) is 13.0. The highest BCUT2D eigenvalue weighted by molar-refractivity contribution is 9.10. The molecular weight excluding hydrogens is 312 g/mol. The summed E-state index contributed by atoms with van der Waals surface area (Å²) in [5.41, 5.74) is 2.27. The van der Waals surface area contributed by atoms with E-state index >= 15 is 0 Å². The highest BCUT2D eigenvalue weighted by Gasteiger charge is 2.09. The average molecular weight is 326 g/mol. The van der Waals surface area contributed by atoms with Crippen LogP contribution in [-0.2, 0) is 6.54 Å². The zero-order valence-electron chi connectivity index (χ0n) is 10.0. The highest BCUT2D eigenvalue weighted by Crippen LogP contribution is 2.26. The minimum absolute atomic E-state index is 0.200. The number of halogens is 2. The van der Waals surface area contributed by atoms with E-state index in [1.54, 1.807) is 6.20 Å². The van der Waals surface area contributed by atoms with Crippen molar-refractivity contribution in [2.75, 3.05) is 0 Å². The molecule has 0 saturated carbocycles. The average Bonchev–Trinajstić information content (AvgIpc) is 2.37. The SMILES string of the molecule is CC(NCc1cccnc1)c1ccc(Br)cc1Cl. The Morgan fingerprint density at radius 1 is 1.39 bits per heavy atom. The largest absolute Gasteiger partial charge is 0.306 e. The van der Waals surface area contributed by atoms with Gasteiger partial charge in [-0.1, -0.05) is 39.7 Å². The molecule has 2 aromatic rings. The van der Waals surface area contributed by atoms with Gasteiger partial charge < -0.3 is 5.32 Å². The maximum Gasteiger partial charge on any atom is 0.0464 e. The minimum Gasteiger partial charge on any atom is -0.306 e. The number of aromatic nitrogens is 1. The fourth-order valence-corrected chi connectivity index (χ4v) is 2.57. The summed E-state index contributed by atoms with van der Waals surface area (Å²) in [7, 11) is 0. The molecule has 4 heteroatoms. The molecule has 1 heterocycles. The normalized spacial score (nSPS) is 12.4. The Labute approximate surface area is 121 Å². The van der Waals surface area contributed by atoms with Gasteiger partial charge in [0.2, 0.25) is 0 Å². The van der Waals surface area contributed by atoms with Crippen molar-refractivity contribution in [3.63, 3.8) is 0 Å². The van der Waals surface area contributed by atoms with Crippen LogP contribution in [0.2, 0.25) is 5.02 Å². The van der Waals surface area contributed by atoms with E-state index in [1.807, 2.05) is 30.5 Å². The number of nitrogens with zero attached hydrogens (tertiary/aromatic N) is 1. The van der Waals surface area contributed by atoms with Crippen LogP contribution in [0, 0.1) is 0 Å². The first kappa shape index (κ1) is 13.5. The van der Waals surface area contributed by atoms with Gasteiger partial charge in [-0.3, -0.25) is 4.98 Å². The van der Waals surface area contributed by atoms with E-state index in [0.717, 1.165) is 27.2 Å². The smallest absolute Gasteiger partial charge is 0.0464 e. The lowest BCUT2D eigenvalue weighted by atomic mass is 10.1. The summed E-state index contributed by atoms with van der Waals surface area (Å²) in [6.45, 7) is 2.88. The summed E-state index contributed by atoms with van der Waals surface area (Å²) in [4.78, 5) is 4.09. The molecule has 2 nitrogen and oxygen atoms in total. The maximum absolute atomic E-state index is 6.22. The molecule has 0 amide bonds. The first-order valence-corrected chi connectivity index (χ1v) is 6.91. The maximum atomic E-state index is 6.22. The highest BCUT2D eigenvalue weighted by atomic mass is 79.9. The second kappa shape index (κ2) is 6.32. The van der Waals surface area contributed by atoms with E-state index in [1.165, 1.54) is 0 Å². The number of nitrogens with one attached hydrogen (secondary N) is 1. The van der Waals surface area contributed by atoms with Crippen LogP contribution in [0.3, 0.4) is 0 Å². The van der Waals surface area contributed by atoms with Gasteiger partial charge in [0.1, 0.15) is 0 Å². The van der Waals surface area contributed by atoms with Gasteiger partial charge >= 0.3 is 0 Å². The quantitative estimate of drug-likeness (QED) is 0.904. The second-order valence-electron chi connectivity index (χ2n) is 4.13. The third-order valence-electron chi connectivity index (χ3n) is 2.76. The Morgan fingerprint density at radius 2 is 2.22 bits per heavy atom. The minimum atomic E-state index is 0.200. The van der Waals surface area contributed by atoms with Crippen LogP contribution in [0.15, 0.2) is 47.2 Å². The number of benzene rings is 1. The molecule has 1 N–H and O–H groups in total. The molecule has 94 valence electrons. The van der Waals surface area contributed by atoms with Crippen molar-refractivity contribution in [3.8, 4) is 0 Å². The van der Waals surface area contributed by atoms with Gasteiger partial charge in [-0.15, -0.1) is 0 Å². The van der Waals surface area contributed by atoms with Crippen molar-refractivity contribution < 1.29 is 0 Å². The molecule has 0 spiro atoms. The molecule has 1 aromatic carbocycles. The topological polar surface area (TPSA) is 24.9 Å². The number of hydrogen-bond donors (Lipinski definition) is 1. The monoisotopic (exact) mass is 324 g/mol. The van der Waals surface area contributed by atoms with Crippen LogP contribution in [0.5, 0.6) is 0 Å². The molecule has 0 bridgehead atoms. The molecule has 1 aromatic heterocycles. The van der Waals surface area contributed by atoms with Gasteiger partial charge in [0.15, 0.2) is 0 Å². The van der Waals surface area contributed by atoms with Gasteiger partial charge in [-0.25, -0.2) is 0 Å². The lowest BCUT2D eigenvalue weighted by Crippen LogP contribution is -2.18. The van der Waals surface area contributed by atoms with E-state index in [2.05, 4.69) is 39.2 Å². The molecule has 1 atom stereocenters. The van der Waals surface area contributed by atoms with Crippen molar-refractivity contribution >= 4 is 27.5 Å². The van der Waals surface area contributed by atoms with E-state index < -0.39 is 0 Å². The van der Waals surface area contributed by atoms with E-state index in [4.69, 9.17) is 11.6 Å². The lowest BCUT2D eigenvalue weighted by Gasteiger charge is -2.15. The number of pyridine rings is 1. The summed E-state index contributed by atoms with van der Waals surface area (Å²) in [5, 5.41) is 4.21.